The van der Waals surface area contributed by atoms with Gasteiger partial charge in [-0.1, -0.05) is 36.4 Å². The molecule has 0 amide bonds. The first-order valence-corrected chi connectivity index (χ1v) is 7.00. The highest BCUT2D eigenvalue weighted by Crippen LogP contribution is 2.28. The third-order valence-electron chi connectivity index (χ3n) is 3.57. The Bertz CT molecular complexity index is 851. The minimum Gasteiger partial charge on any atom is -0.422 e. The first-order valence-electron chi connectivity index (χ1n) is 7.00. The Morgan fingerprint density at radius 2 is 1.87 bits per heavy atom. The zero-order valence-electron chi connectivity index (χ0n) is 12.4. The number of aryl methyl sites for hydroxylation is 1. The highest BCUT2D eigenvalue weighted by Gasteiger charge is 2.22. The molecule has 3 rings (SSSR count). The quantitative estimate of drug-likeness (QED) is 0.373. The highest BCUT2D eigenvalue weighted by atomic mass is 16.6. The average molecular weight is 307 g/mol. The second-order valence-corrected chi connectivity index (χ2v) is 5.16. The molecule has 0 radical (unpaired) electrons. The van der Waals surface area contributed by atoms with Crippen molar-refractivity contribution in [1.82, 2.24) is 0 Å². The zero-order chi connectivity index (χ0) is 16.4. The Morgan fingerprint density at radius 3 is 2.57 bits per heavy atom. The van der Waals surface area contributed by atoms with E-state index in [-0.39, 0.29) is 5.69 Å². The van der Waals surface area contributed by atoms with Gasteiger partial charge in [-0.05, 0) is 30.2 Å². The van der Waals surface area contributed by atoms with E-state index in [0.29, 0.717) is 16.9 Å². The van der Waals surface area contributed by atoms with Gasteiger partial charge >= 0.3 is 5.97 Å². The van der Waals surface area contributed by atoms with Gasteiger partial charge in [0, 0.05) is 17.7 Å². The summed E-state index contributed by atoms with van der Waals surface area (Å²) in [6.07, 6.45) is 3.26. The number of nitrogens with zero attached hydrogens (tertiary/aromatic N) is 1. The lowest BCUT2D eigenvalue weighted by molar-refractivity contribution is -0.384. The van der Waals surface area contributed by atoms with E-state index in [1.165, 1.54) is 12.1 Å². The van der Waals surface area contributed by atoms with Crippen molar-refractivity contribution in [3.05, 3.63) is 87.0 Å². The Labute approximate surface area is 132 Å². The Morgan fingerprint density at radius 1 is 1.13 bits per heavy atom. The number of hydrogen-bond donors (Lipinski definition) is 0. The lowest BCUT2D eigenvalue weighted by Gasteiger charge is -2.01. The third kappa shape index (κ3) is 3.03. The van der Waals surface area contributed by atoms with Crippen LogP contribution in [0.5, 0.6) is 0 Å². The molecule has 0 N–H and O–H groups in total. The Hall–Kier alpha value is -3.21. The number of rotatable bonds is 3. The van der Waals surface area contributed by atoms with Crippen LogP contribution in [0.15, 0.2) is 60.2 Å². The van der Waals surface area contributed by atoms with E-state index in [9.17, 15) is 14.9 Å². The van der Waals surface area contributed by atoms with Crippen LogP contribution in [0.25, 0.3) is 11.8 Å². The molecular weight excluding hydrogens is 294 g/mol. The lowest BCUT2D eigenvalue weighted by atomic mass is 10.0. The molecule has 0 aliphatic carbocycles. The first kappa shape index (κ1) is 14.7. The van der Waals surface area contributed by atoms with Gasteiger partial charge in [-0.3, -0.25) is 10.1 Å². The van der Waals surface area contributed by atoms with Crippen molar-refractivity contribution in [1.29, 1.82) is 0 Å². The number of esters is 1. The van der Waals surface area contributed by atoms with E-state index in [0.717, 1.165) is 11.1 Å². The topological polar surface area (TPSA) is 69.4 Å². The van der Waals surface area contributed by atoms with Crippen molar-refractivity contribution >= 4 is 23.5 Å². The van der Waals surface area contributed by atoms with Crippen molar-refractivity contribution in [2.75, 3.05) is 0 Å². The van der Waals surface area contributed by atoms with Gasteiger partial charge in [0.15, 0.2) is 0 Å². The Balaban J connectivity index is 2.00. The van der Waals surface area contributed by atoms with Crippen LogP contribution in [0, 0.1) is 17.0 Å². The van der Waals surface area contributed by atoms with Crippen LogP contribution >= 0.6 is 0 Å². The maximum Gasteiger partial charge on any atom is 0.343 e. The minimum absolute atomic E-state index is 0.0129. The van der Waals surface area contributed by atoms with Crippen molar-refractivity contribution in [3.63, 3.8) is 0 Å². The molecule has 1 heterocycles. The van der Waals surface area contributed by atoms with Gasteiger partial charge in [-0.2, -0.15) is 0 Å². The fourth-order valence-electron chi connectivity index (χ4n) is 2.30. The van der Waals surface area contributed by atoms with Crippen LogP contribution in [-0.2, 0) is 9.53 Å². The number of benzene rings is 2. The number of nitro benzene ring substituents is 1. The number of carbonyl (C=O) groups is 1. The highest BCUT2D eigenvalue weighted by molar-refractivity contribution is 6.05. The first-order chi connectivity index (χ1) is 11.0. The predicted molar refractivity (Wildman–Crippen MR) is 86.3 cm³/mol. The number of cyclic esters (lactones) is 1. The molecule has 0 fully saturated rings. The second-order valence-electron chi connectivity index (χ2n) is 5.16. The average Bonchev–Trinajstić information content (AvgIpc) is 2.91. The number of carbonyl (C=O) groups excluding carboxylic acids is 1. The number of hydrogen-bond acceptors (Lipinski definition) is 4. The molecule has 0 aromatic heterocycles. The maximum atomic E-state index is 12.0. The van der Waals surface area contributed by atoms with Gasteiger partial charge in [0.2, 0.25) is 0 Å². The monoisotopic (exact) mass is 307 g/mol. The molecule has 23 heavy (non-hydrogen) atoms. The fraction of sp³-hybridized carbons (Fsp3) is 0.0556. The molecule has 0 bridgehead atoms. The molecule has 1 aliphatic rings. The van der Waals surface area contributed by atoms with Crippen LogP contribution in [0.3, 0.4) is 0 Å². The standard InChI is InChI=1S/C18H13NO4/c1-12-7-8-16(19(21)22)10-14(12)9-15-11-17(23-18(15)20)13-5-3-2-4-6-13/h2-11H,1H3. The number of non-ortho nitro benzene ring substituents is 1. The number of nitro groups is 1. The molecule has 0 atom stereocenters. The second kappa shape index (κ2) is 5.88. The van der Waals surface area contributed by atoms with Crippen LogP contribution < -0.4 is 0 Å². The molecular formula is C18H13NO4. The van der Waals surface area contributed by atoms with E-state index in [1.807, 2.05) is 37.3 Å². The molecule has 114 valence electrons. The van der Waals surface area contributed by atoms with Crippen LogP contribution in [0.2, 0.25) is 0 Å². The summed E-state index contributed by atoms with van der Waals surface area (Å²) in [5.41, 5.74) is 2.63. The molecule has 0 unspecified atom stereocenters. The predicted octanol–water partition coefficient (Wildman–Crippen LogP) is 3.88. The third-order valence-corrected chi connectivity index (χ3v) is 3.57. The van der Waals surface area contributed by atoms with E-state index < -0.39 is 10.9 Å². The molecule has 5 nitrogen and oxygen atoms in total. The summed E-state index contributed by atoms with van der Waals surface area (Å²) in [5, 5.41) is 10.9. The maximum absolute atomic E-state index is 12.0. The molecule has 1 aliphatic heterocycles. The van der Waals surface area contributed by atoms with Crippen molar-refractivity contribution < 1.29 is 14.5 Å². The Kier molecular flexibility index (Phi) is 3.76. The van der Waals surface area contributed by atoms with Gasteiger partial charge < -0.3 is 4.74 Å². The molecule has 2 aromatic carbocycles. The van der Waals surface area contributed by atoms with E-state index in [4.69, 9.17) is 4.74 Å². The fourth-order valence-corrected chi connectivity index (χ4v) is 2.30. The normalized spacial score (nSPS) is 15.4. The molecule has 2 aromatic rings. The summed E-state index contributed by atoms with van der Waals surface area (Å²) in [6.45, 7) is 1.83. The minimum atomic E-state index is -0.463. The van der Waals surface area contributed by atoms with E-state index >= 15 is 0 Å². The van der Waals surface area contributed by atoms with Gasteiger partial charge in [0.1, 0.15) is 5.76 Å². The van der Waals surface area contributed by atoms with Crippen molar-refractivity contribution in [3.8, 4) is 0 Å². The SMILES string of the molecule is Cc1ccc([N+](=O)[O-])cc1C=C1C=C(c2ccccc2)OC1=O. The van der Waals surface area contributed by atoms with E-state index in [1.54, 1.807) is 18.2 Å². The molecule has 0 saturated carbocycles. The summed E-state index contributed by atoms with van der Waals surface area (Å²) >= 11 is 0. The molecule has 0 spiro atoms. The van der Waals surface area contributed by atoms with Crippen LogP contribution in [-0.4, -0.2) is 10.9 Å². The van der Waals surface area contributed by atoms with Crippen molar-refractivity contribution in [2.45, 2.75) is 6.92 Å². The van der Waals surface area contributed by atoms with Crippen LogP contribution in [0.4, 0.5) is 5.69 Å². The number of ether oxygens (including phenoxy) is 1. The summed E-state index contributed by atoms with van der Waals surface area (Å²) in [6, 6.07) is 13.8. The largest absolute Gasteiger partial charge is 0.422 e. The van der Waals surface area contributed by atoms with Gasteiger partial charge in [-0.15, -0.1) is 0 Å². The van der Waals surface area contributed by atoms with Crippen LogP contribution in [0.1, 0.15) is 16.7 Å². The van der Waals surface area contributed by atoms with Crippen molar-refractivity contribution in [2.24, 2.45) is 0 Å². The van der Waals surface area contributed by atoms with Gasteiger partial charge in [-0.25, -0.2) is 4.79 Å². The van der Waals surface area contributed by atoms with E-state index in [2.05, 4.69) is 0 Å². The van der Waals surface area contributed by atoms with Gasteiger partial charge in [0.05, 0.1) is 10.5 Å². The molecule has 0 saturated heterocycles. The molecule has 5 heteroatoms. The smallest absolute Gasteiger partial charge is 0.343 e. The van der Waals surface area contributed by atoms with Gasteiger partial charge in [0.25, 0.3) is 5.69 Å². The summed E-state index contributed by atoms with van der Waals surface area (Å²) in [4.78, 5) is 22.4. The summed E-state index contributed by atoms with van der Waals surface area (Å²) < 4.78 is 5.27. The summed E-state index contributed by atoms with van der Waals surface area (Å²) in [5.74, 6) is 0.0136. The lowest BCUT2D eigenvalue weighted by Crippen LogP contribution is -1.97. The summed E-state index contributed by atoms with van der Waals surface area (Å²) in [7, 11) is 0. The zero-order valence-corrected chi connectivity index (χ0v) is 12.4.